The molecule has 0 bridgehead atoms. The van der Waals surface area contributed by atoms with Crippen molar-refractivity contribution in [2.75, 3.05) is 6.26 Å². The summed E-state index contributed by atoms with van der Waals surface area (Å²) in [6.45, 7) is 3.63. The molecule has 0 spiro atoms. The van der Waals surface area contributed by atoms with E-state index in [0.29, 0.717) is 5.56 Å². The molecule has 0 aliphatic rings. The van der Waals surface area contributed by atoms with E-state index in [9.17, 15) is 17.6 Å². The van der Waals surface area contributed by atoms with Gasteiger partial charge in [-0.15, -0.1) is 0 Å². The van der Waals surface area contributed by atoms with E-state index in [1.807, 2.05) is 13.8 Å². The Kier molecular flexibility index (Phi) is 5.64. The average Bonchev–Trinajstić information content (AvgIpc) is 2.25. The number of halogens is 1. The van der Waals surface area contributed by atoms with Crippen LogP contribution in [0.5, 0.6) is 0 Å². The number of carbonyl (C=O) groups excluding carboxylic acids is 1. The van der Waals surface area contributed by atoms with Crippen LogP contribution in [0, 0.1) is 5.82 Å². The topological polar surface area (TPSA) is 75.3 Å². The Morgan fingerprint density at radius 3 is 2.25 bits per heavy atom. The van der Waals surface area contributed by atoms with Gasteiger partial charge in [0.05, 0.1) is 12.3 Å². The van der Waals surface area contributed by atoms with E-state index >= 15 is 0 Å². The Bertz CT molecular complexity index is 555. The summed E-state index contributed by atoms with van der Waals surface area (Å²) < 4.78 is 38.0. The van der Waals surface area contributed by atoms with Gasteiger partial charge in [-0.3, -0.25) is 4.79 Å². The Labute approximate surface area is 118 Å². The van der Waals surface area contributed by atoms with Crippen molar-refractivity contribution in [3.8, 4) is 0 Å². The summed E-state index contributed by atoms with van der Waals surface area (Å²) in [7, 11) is -3.48. The normalized spacial score (nSPS) is 13.2. The molecule has 0 aliphatic heterocycles. The van der Waals surface area contributed by atoms with E-state index < -0.39 is 21.9 Å². The number of amides is 1. The number of carbonyl (C=O) groups is 1. The molecular weight excluding hydrogens is 283 g/mol. The van der Waals surface area contributed by atoms with Gasteiger partial charge in [0.25, 0.3) is 0 Å². The van der Waals surface area contributed by atoms with E-state index in [-0.39, 0.29) is 18.4 Å². The number of hydrogen-bond donors (Lipinski definition) is 2. The van der Waals surface area contributed by atoms with E-state index in [1.54, 1.807) is 0 Å². The third-order valence-corrected chi connectivity index (χ3v) is 3.18. The molecule has 1 amide bonds. The molecule has 20 heavy (non-hydrogen) atoms. The highest BCUT2D eigenvalue weighted by Crippen LogP contribution is 2.18. The fraction of sp³-hybridized carbons (Fsp3) is 0.462. The molecule has 1 aromatic carbocycles. The predicted molar refractivity (Wildman–Crippen MR) is 75.0 cm³/mol. The lowest BCUT2D eigenvalue weighted by atomic mass is 10.0. The molecule has 0 heterocycles. The minimum atomic E-state index is -3.48. The smallest absolute Gasteiger partial charge is 0.222 e. The second kappa shape index (κ2) is 6.81. The van der Waals surface area contributed by atoms with Crippen LogP contribution in [0.4, 0.5) is 4.39 Å². The summed E-state index contributed by atoms with van der Waals surface area (Å²) in [5.41, 5.74) is 0.538. The number of rotatable bonds is 6. The molecule has 1 aromatic rings. The molecule has 1 unspecified atom stereocenters. The third-order valence-electron chi connectivity index (χ3n) is 2.47. The highest BCUT2D eigenvalue weighted by Gasteiger charge is 2.20. The Hall–Kier alpha value is -1.47. The van der Waals surface area contributed by atoms with Gasteiger partial charge in [0.1, 0.15) is 5.82 Å². The monoisotopic (exact) mass is 302 g/mol. The van der Waals surface area contributed by atoms with Crippen molar-refractivity contribution in [3.63, 3.8) is 0 Å². The van der Waals surface area contributed by atoms with Gasteiger partial charge in [0, 0.05) is 12.5 Å². The molecule has 2 N–H and O–H groups in total. The Morgan fingerprint density at radius 1 is 1.25 bits per heavy atom. The van der Waals surface area contributed by atoms with Gasteiger partial charge in [-0.2, -0.15) is 0 Å². The van der Waals surface area contributed by atoms with Gasteiger partial charge in [0.15, 0.2) is 0 Å². The van der Waals surface area contributed by atoms with Crippen LogP contribution in [0.2, 0.25) is 0 Å². The van der Waals surface area contributed by atoms with Crippen LogP contribution in [0.15, 0.2) is 24.3 Å². The molecule has 112 valence electrons. The summed E-state index contributed by atoms with van der Waals surface area (Å²) in [4.78, 5) is 11.8. The van der Waals surface area contributed by atoms with E-state index in [2.05, 4.69) is 10.0 Å². The summed E-state index contributed by atoms with van der Waals surface area (Å²) in [6.07, 6.45) is 0.973. The van der Waals surface area contributed by atoms with Crippen LogP contribution in [0.3, 0.4) is 0 Å². The van der Waals surface area contributed by atoms with Crippen LogP contribution < -0.4 is 10.0 Å². The second-order valence-corrected chi connectivity index (χ2v) is 6.70. The molecule has 1 rings (SSSR count). The lowest BCUT2D eigenvalue weighted by Gasteiger charge is -2.18. The van der Waals surface area contributed by atoms with Crippen LogP contribution in [-0.4, -0.2) is 26.6 Å². The fourth-order valence-corrected chi connectivity index (χ4v) is 2.48. The molecule has 0 aliphatic carbocycles. The van der Waals surface area contributed by atoms with Gasteiger partial charge >= 0.3 is 0 Å². The molecule has 0 saturated heterocycles. The molecule has 0 aromatic heterocycles. The summed E-state index contributed by atoms with van der Waals surface area (Å²) in [5, 5.41) is 2.69. The number of hydrogen-bond acceptors (Lipinski definition) is 3. The molecule has 0 fully saturated rings. The lowest BCUT2D eigenvalue weighted by molar-refractivity contribution is -0.122. The molecule has 7 heteroatoms. The summed E-state index contributed by atoms with van der Waals surface area (Å²) in [6, 6.07) is 4.62. The first-order chi connectivity index (χ1) is 9.17. The number of nitrogens with one attached hydrogen (secondary N) is 2. The van der Waals surface area contributed by atoms with Crippen LogP contribution in [0.1, 0.15) is 31.9 Å². The SMILES string of the molecule is CC(C)NC(=O)CC(NS(C)(=O)=O)c1ccc(F)cc1. The maximum atomic E-state index is 12.9. The zero-order valence-electron chi connectivity index (χ0n) is 11.7. The molecule has 5 nitrogen and oxygen atoms in total. The predicted octanol–water partition coefficient (Wildman–Crippen LogP) is 1.33. The average molecular weight is 302 g/mol. The van der Waals surface area contributed by atoms with Gasteiger partial charge in [-0.1, -0.05) is 12.1 Å². The zero-order chi connectivity index (χ0) is 15.3. The maximum absolute atomic E-state index is 12.9. The summed E-state index contributed by atoms with van der Waals surface area (Å²) >= 11 is 0. The van der Waals surface area contributed by atoms with Crippen molar-refractivity contribution in [2.24, 2.45) is 0 Å². The maximum Gasteiger partial charge on any atom is 0.222 e. The number of benzene rings is 1. The van der Waals surface area contributed by atoms with Crippen LogP contribution in [-0.2, 0) is 14.8 Å². The van der Waals surface area contributed by atoms with Crippen molar-refractivity contribution in [1.29, 1.82) is 0 Å². The highest BCUT2D eigenvalue weighted by molar-refractivity contribution is 7.88. The van der Waals surface area contributed by atoms with E-state index in [0.717, 1.165) is 6.26 Å². The van der Waals surface area contributed by atoms with Gasteiger partial charge in [-0.25, -0.2) is 17.5 Å². The molecule has 0 radical (unpaired) electrons. The third kappa shape index (κ3) is 6.12. The summed E-state index contributed by atoms with van der Waals surface area (Å²) in [5.74, 6) is -0.691. The standard InChI is InChI=1S/C13H19FN2O3S/c1-9(2)15-13(17)8-12(16-20(3,18)19)10-4-6-11(14)7-5-10/h4-7,9,12,16H,8H2,1-3H3,(H,15,17). The zero-order valence-corrected chi connectivity index (χ0v) is 12.5. The van der Waals surface area contributed by atoms with Crippen molar-refractivity contribution >= 4 is 15.9 Å². The minimum Gasteiger partial charge on any atom is -0.354 e. The van der Waals surface area contributed by atoms with Crippen molar-refractivity contribution in [2.45, 2.75) is 32.4 Å². The Morgan fingerprint density at radius 2 is 1.80 bits per heavy atom. The molecule has 0 saturated carbocycles. The van der Waals surface area contributed by atoms with Crippen molar-refractivity contribution in [1.82, 2.24) is 10.0 Å². The fourth-order valence-electron chi connectivity index (χ4n) is 1.75. The van der Waals surface area contributed by atoms with E-state index in [4.69, 9.17) is 0 Å². The van der Waals surface area contributed by atoms with Gasteiger partial charge in [0.2, 0.25) is 15.9 Å². The number of sulfonamides is 1. The lowest BCUT2D eigenvalue weighted by Crippen LogP contribution is -2.35. The Balaban J connectivity index is 2.91. The van der Waals surface area contributed by atoms with Crippen molar-refractivity contribution < 1.29 is 17.6 Å². The largest absolute Gasteiger partial charge is 0.354 e. The first-order valence-electron chi connectivity index (χ1n) is 6.19. The molecular formula is C13H19FN2O3S. The highest BCUT2D eigenvalue weighted by atomic mass is 32.2. The van der Waals surface area contributed by atoms with Crippen molar-refractivity contribution in [3.05, 3.63) is 35.6 Å². The van der Waals surface area contributed by atoms with Crippen LogP contribution >= 0.6 is 0 Å². The molecule has 1 atom stereocenters. The van der Waals surface area contributed by atoms with Crippen LogP contribution in [0.25, 0.3) is 0 Å². The van der Waals surface area contributed by atoms with Gasteiger partial charge in [-0.05, 0) is 31.5 Å². The van der Waals surface area contributed by atoms with E-state index in [1.165, 1.54) is 24.3 Å². The quantitative estimate of drug-likeness (QED) is 0.832. The second-order valence-electron chi connectivity index (χ2n) is 4.92. The van der Waals surface area contributed by atoms with Gasteiger partial charge < -0.3 is 5.32 Å². The first-order valence-corrected chi connectivity index (χ1v) is 8.08. The first kappa shape index (κ1) is 16.6. The minimum absolute atomic E-state index is 0.0328.